The van der Waals surface area contributed by atoms with Crippen molar-refractivity contribution >= 4 is 17.6 Å². The average Bonchev–Trinajstić information content (AvgIpc) is 3.00. The number of esters is 1. The van der Waals surface area contributed by atoms with Gasteiger partial charge in [0.1, 0.15) is 5.75 Å². The summed E-state index contributed by atoms with van der Waals surface area (Å²) in [6, 6.07) is 6.82. The maximum absolute atomic E-state index is 12.0. The summed E-state index contributed by atoms with van der Waals surface area (Å²) in [4.78, 5) is 23.2. The van der Waals surface area contributed by atoms with E-state index in [0.29, 0.717) is 18.0 Å². The number of carbonyl (C=O) groups is 2. The molecule has 1 saturated heterocycles. The molecule has 0 saturated carbocycles. The Kier molecular flexibility index (Phi) is 5.57. The predicted octanol–water partition coefficient (Wildman–Crippen LogP) is 1.32. The number of carbonyl (C=O) groups excluding carboxylic acids is 2. The first-order valence-corrected chi connectivity index (χ1v) is 7.12. The number of anilines is 1. The molecule has 1 aliphatic rings. The van der Waals surface area contributed by atoms with Crippen molar-refractivity contribution in [3.8, 4) is 5.75 Å². The van der Waals surface area contributed by atoms with Crippen LogP contribution in [0.25, 0.3) is 0 Å². The lowest BCUT2D eigenvalue weighted by Gasteiger charge is -2.12. The van der Waals surface area contributed by atoms with Gasteiger partial charge < -0.3 is 20.1 Å². The molecule has 0 radical (unpaired) electrons. The lowest BCUT2D eigenvalue weighted by Crippen LogP contribution is -2.35. The van der Waals surface area contributed by atoms with Crippen LogP contribution in [-0.2, 0) is 14.3 Å². The van der Waals surface area contributed by atoms with E-state index in [1.165, 1.54) is 0 Å². The maximum Gasteiger partial charge on any atom is 0.344 e. The lowest BCUT2D eigenvalue weighted by atomic mass is 10.2. The van der Waals surface area contributed by atoms with Gasteiger partial charge in [-0.2, -0.15) is 0 Å². The second-order valence-corrected chi connectivity index (χ2v) is 4.76. The van der Waals surface area contributed by atoms with Crippen LogP contribution in [0.15, 0.2) is 24.3 Å². The van der Waals surface area contributed by atoms with Crippen LogP contribution in [0.5, 0.6) is 5.75 Å². The van der Waals surface area contributed by atoms with Gasteiger partial charge in [0.05, 0.1) is 12.6 Å². The van der Waals surface area contributed by atoms with Crippen LogP contribution in [-0.4, -0.2) is 37.7 Å². The van der Waals surface area contributed by atoms with Gasteiger partial charge in [-0.15, -0.1) is 0 Å². The van der Waals surface area contributed by atoms with Crippen LogP contribution in [0.1, 0.15) is 19.8 Å². The number of hydrogen-bond donors (Lipinski definition) is 2. The smallest absolute Gasteiger partial charge is 0.344 e. The van der Waals surface area contributed by atoms with Crippen molar-refractivity contribution in [2.75, 3.05) is 25.1 Å². The Bertz CT molecular complexity index is 498. The molecule has 0 bridgehead atoms. The van der Waals surface area contributed by atoms with E-state index >= 15 is 0 Å². The van der Waals surface area contributed by atoms with Crippen molar-refractivity contribution in [1.29, 1.82) is 0 Å². The summed E-state index contributed by atoms with van der Waals surface area (Å²) in [5, 5.41) is 5.98. The van der Waals surface area contributed by atoms with Gasteiger partial charge in [0.2, 0.25) is 5.91 Å². The Labute approximate surface area is 123 Å². The van der Waals surface area contributed by atoms with E-state index in [9.17, 15) is 9.59 Å². The van der Waals surface area contributed by atoms with E-state index in [-0.39, 0.29) is 18.6 Å². The second-order valence-electron chi connectivity index (χ2n) is 4.76. The normalized spacial score (nSPS) is 17.3. The van der Waals surface area contributed by atoms with Crippen molar-refractivity contribution in [3.63, 3.8) is 0 Å². The molecule has 1 amide bonds. The van der Waals surface area contributed by atoms with Gasteiger partial charge in [0, 0.05) is 11.8 Å². The summed E-state index contributed by atoms with van der Waals surface area (Å²) in [6.45, 7) is 2.80. The van der Waals surface area contributed by atoms with Crippen LogP contribution < -0.4 is 15.4 Å². The van der Waals surface area contributed by atoms with E-state index in [1.54, 1.807) is 31.2 Å². The van der Waals surface area contributed by atoms with Gasteiger partial charge in [-0.1, -0.05) is 6.07 Å². The standard InChI is InChI=1S/C15H20N2O4/c1-2-20-14(18)10-21-12-6-3-5-11(9-12)17-15(19)13-7-4-8-16-13/h3,5-6,9,13,16H,2,4,7-8,10H2,1H3,(H,17,19). The highest BCUT2D eigenvalue weighted by Crippen LogP contribution is 2.18. The zero-order valence-electron chi connectivity index (χ0n) is 12.1. The van der Waals surface area contributed by atoms with Gasteiger partial charge in [0.25, 0.3) is 0 Å². The van der Waals surface area contributed by atoms with Crippen molar-refractivity contribution in [2.24, 2.45) is 0 Å². The molecular weight excluding hydrogens is 272 g/mol. The maximum atomic E-state index is 12.0. The number of ether oxygens (including phenoxy) is 2. The van der Waals surface area contributed by atoms with Crippen LogP contribution >= 0.6 is 0 Å². The molecule has 1 aromatic rings. The first-order chi connectivity index (χ1) is 10.2. The fraction of sp³-hybridized carbons (Fsp3) is 0.467. The van der Waals surface area contributed by atoms with Crippen molar-refractivity contribution in [1.82, 2.24) is 5.32 Å². The number of hydrogen-bond acceptors (Lipinski definition) is 5. The molecule has 6 nitrogen and oxygen atoms in total. The highest BCUT2D eigenvalue weighted by Gasteiger charge is 2.21. The highest BCUT2D eigenvalue weighted by atomic mass is 16.6. The molecule has 0 spiro atoms. The number of amides is 1. The molecule has 6 heteroatoms. The zero-order valence-corrected chi connectivity index (χ0v) is 12.1. The van der Waals surface area contributed by atoms with Gasteiger partial charge >= 0.3 is 5.97 Å². The molecule has 114 valence electrons. The topological polar surface area (TPSA) is 76.7 Å². The second kappa shape index (κ2) is 7.64. The summed E-state index contributed by atoms with van der Waals surface area (Å²) >= 11 is 0. The van der Waals surface area contributed by atoms with Crippen LogP contribution in [0.4, 0.5) is 5.69 Å². The van der Waals surface area contributed by atoms with E-state index < -0.39 is 5.97 Å². The van der Waals surface area contributed by atoms with E-state index in [4.69, 9.17) is 9.47 Å². The monoisotopic (exact) mass is 292 g/mol. The molecule has 1 fully saturated rings. The SMILES string of the molecule is CCOC(=O)COc1cccc(NC(=O)C2CCCN2)c1. The minimum Gasteiger partial charge on any atom is -0.482 e. The van der Waals surface area contributed by atoms with Gasteiger partial charge in [-0.05, 0) is 38.4 Å². The number of benzene rings is 1. The first-order valence-electron chi connectivity index (χ1n) is 7.12. The Morgan fingerprint density at radius 2 is 2.29 bits per heavy atom. The third-order valence-electron chi connectivity index (χ3n) is 3.14. The van der Waals surface area contributed by atoms with Crippen LogP contribution in [0.3, 0.4) is 0 Å². The summed E-state index contributed by atoms with van der Waals surface area (Å²) < 4.78 is 10.1. The quantitative estimate of drug-likeness (QED) is 0.773. The predicted molar refractivity (Wildman–Crippen MR) is 78.2 cm³/mol. The molecular formula is C15H20N2O4. The van der Waals surface area contributed by atoms with Crippen LogP contribution in [0.2, 0.25) is 0 Å². The molecule has 2 N–H and O–H groups in total. The molecule has 0 aliphatic carbocycles. The van der Waals surface area contributed by atoms with Gasteiger partial charge in [-0.25, -0.2) is 4.79 Å². The first kappa shape index (κ1) is 15.3. The molecule has 1 aromatic carbocycles. The lowest BCUT2D eigenvalue weighted by molar-refractivity contribution is -0.145. The van der Waals surface area contributed by atoms with Crippen LogP contribution in [0, 0.1) is 0 Å². The molecule has 21 heavy (non-hydrogen) atoms. The zero-order chi connectivity index (χ0) is 15.1. The minimum absolute atomic E-state index is 0.0463. The average molecular weight is 292 g/mol. The highest BCUT2D eigenvalue weighted by molar-refractivity contribution is 5.95. The van der Waals surface area contributed by atoms with Crippen molar-refractivity contribution < 1.29 is 19.1 Å². The molecule has 1 atom stereocenters. The summed E-state index contributed by atoms with van der Waals surface area (Å²) in [5.74, 6) is 0.0531. The van der Waals surface area contributed by atoms with E-state index in [0.717, 1.165) is 19.4 Å². The van der Waals surface area contributed by atoms with E-state index in [2.05, 4.69) is 10.6 Å². The third kappa shape index (κ3) is 4.75. The van der Waals surface area contributed by atoms with Crippen molar-refractivity contribution in [3.05, 3.63) is 24.3 Å². The number of nitrogens with one attached hydrogen (secondary N) is 2. The molecule has 0 aromatic heterocycles. The molecule has 1 heterocycles. The third-order valence-corrected chi connectivity index (χ3v) is 3.14. The number of rotatable bonds is 6. The summed E-state index contributed by atoms with van der Waals surface area (Å²) in [7, 11) is 0. The Morgan fingerprint density at radius 3 is 3.00 bits per heavy atom. The largest absolute Gasteiger partial charge is 0.482 e. The fourth-order valence-corrected chi connectivity index (χ4v) is 2.15. The molecule has 1 unspecified atom stereocenters. The Hall–Kier alpha value is -2.08. The summed E-state index contributed by atoms with van der Waals surface area (Å²) in [5.41, 5.74) is 0.648. The van der Waals surface area contributed by atoms with E-state index in [1.807, 2.05) is 0 Å². The fourth-order valence-electron chi connectivity index (χ4n) is 2.15. The Morgan fingerprint density at radius 1 is 1.43 bits per heavy atom. The van der Waals surface area contributed by atoms with Gasteiger partial charge in [0.15, 0.2) is 6.61 Å². The van der Waals surface area contributed by atoms with Gasteiger partial charge in [-0.3, -0.25) is 4.79 Å². The molecule has 1 aliphatic heterocycles. The molecule has 2 rings (SSSR count). The van der Waals surface area contributed by atoms with Crippen molar-refractivity contribution in [2.45, 2.75) is 25.8 Å². The summed E-state index contributed by atoms with van der Waals surface area (Å²) in [6.07, 6.45) is 1.87. The Balaban J connectivity index is 1.88. The minimum atomic E-state index is -0.415.